The van der Waals surface area contributed by atoms with E-state index in [-0.39, 0.29) is 0 Å². The molecule has 0 fully saturated rings. The molecule has 0 aliphatic heterocycles. The van der Waals surface area contributed by atoms with Crippen molar-refractivity contribution in [2.24, 2.45) is 0 Å². The zero-order valence-electron chi connectivity index (χ0n) is 6.92. The van der Waals surface area contributed by atoms with Crippen molar-refractivity contribution in [2.75, 3.05) is 0 Å². The van der Waals surface area contributed by atoms with Crippen molar-refractivity contribution in [3.8, 4) is 0 Å². The number of rotatable bonds is 1. The van der Waals surface area contributed by atoms with Gasteiger partial charge in [-0.05, 0) is 6.42 Å². The Hall–Kier alpha value is -0.370. The molecule has 0 saturated carbocycles. The van der Waals surface area contributed by atoms with E-state index in [2.05, 4.69) is 25.8 Å². The maximum absolute atomic E-state index is 3.91. The van der Waals surface area contributed by atoms with Crippen LogP contribution in [-0.2, 0) is 6.42 Å². The molecule has 10 heavy (non-hydrogen) atoms. The van der Waals surface area contributed by atoms with Crippen LogP contribution in [0.1, 0.15) is 32.1 Å². The van der Waals surface area contributed by atoms with Gasteiger partial charge >= 0.3 is 0 Å². The molecule has 1 rings (SSSR count). The maximum atomic E-state index is 3.91. The van der Waals surface area contributed by atoms with Crippen molar-refractivity contribution in [1.29, 1.82) is 0 Å². The minimum Gasteiger partial charge on any atom is -0.253 e. The summed E-state index contributed by atoms with van der Waals surface area (Å²) < 4.78 is 0. The van der Waals surface area contributed by atoms with Gasteiger partial charge in [0.05, 0.1) is 5.51 Å². The van der Waals surface area contributed by atoms with E-state index < -0.39 is 0 Å². The van der Waals surface area contributed by atoms with Crippen molar-refractivity contribution in [2.45, 2.75) is 33.6 Å². The molecule has 1 nitrogen and oxygen atoms in total. The van der Waals surface area contributed by atoms with Crippen molar-refractivity contribution in [1.82, 2.24) is 4.98 Å². The molecule has 1 aromatic heterocycles. The number of thiazole rings is 1. The lowest BCUT2D eigenvalue weighted by Crippen LogP contribution is -1.64. The molecule has 0 saturated heterocycles. The third-order valence-electron chi connectivity index (χ3n) is 0.832. The van der Waals surface area contributed by atoms with Gasteiger partial charge in [-0.1, -0.05) is 27.2 Å². The lowest BCUT2D eigenvalue weighted by Gasteiger charge is -1.76. The minimum atomic E-state index is 1.12. The number of nitrogens with zero attached hydrogens (tertiary/aromatic N) is 1. The van der Waals surface area contributed by atoms with Crippen LogP contribution in [0.3, 0.4) is 0 Å². The van der Waals surface area contributed by atoms with E-state index in [4.69, 9.17) is 0 Å². The Balaban J connectivity index is 0.000000236. The Labute approximate surface area is 67.1 Å². The van der Waals surface area contributed by atoms with E-state index in [1.54, 1.807) is 11.3 Å². The SMILES string of the molecule is CCC.CCc1cncs1. The lowest BCUT2D eigenvalue weighted by molar-refractivity contribution is 1.09. The highest BCUT2D eigenvalue weighted by molar-refractivity contribution is 7.09. The average molecular weight is 157 g/mol. The zero-order valence-corrected chi connectivity index (χ0v) is 7.74. The van der Waals surface area contributed by atoms with Crippen LogP contribution in [0, 0.1) is 0 Å². The summed E-state index contributed by atoms with van der Waals surface area (Å²) in [5, 5.41) is 0. The van der Waals surface area contributed by atoms with Crippen LogP contribution < -0.4 is 0 Å². The monoisotopic (exact) mass is 157 g/mol. The lowest BCUT2D eigenvalue weighted by atomic mass is 10.4. The molecule has 0 aromatic carbocycles. The molecule has 1 aromatic rings. The van der Waals surface area contributed by atoms with Gasteiger partial charge in [0, 0.05) is 11.1 Å². The summed E-state index contributed by atoms with van der Waals surface area (Å²) >= 11 is 1.71. The molecule has 0 N–H and O–H groups in total. The quantitative estimate of drug-likeness (QED) is 0.610. The van der Waals surface area contributed by atoms with Crippen LogP contribution in [0.5, 0.6) is 0 Å². The summed E-state index contributed by atoms with van der Waals surface area (Å²) in [5.74, 6) is 0. The second kappa shape index (κ2) is 6.75. The molecule has 0 aliphatic carbocycles. The third-order valence-corrected chi connectivity index (χ3v) is 1.76. The predicted molar refractivity (Wildman–Crippen MR) is 47.5 cm³/mol. The second-order valence-corrected chi connectivity index (χ2v) is 3.00. The van der Waals surface area contributed by atoms with E-state index in [0.29, 0.717) is 0 Å². The molecule has 0 radical (unpaired) electrons. The van der Waals surface area contributed by atoms with Gasteiger partial charge in [-0.25, -0.2) is 0 Å². The minimum absolute atomic E-state index is 1.12. The van der Waals surface area contributed by atoms with E-state index >= 15 is 0 Å². The van der Waals surface area contributed by atoms with Crippen molar-refractivity contribution in [3.63, 3.8) is 0 Å². The molecular formula is C8H15NS. The Morgan fingerprint density at radius 3 is 2.20 bits per heavy atom. The second-order valence-electron chi connectivity index (χ2n) is 2.03. The van der Waals surface area contributed by atoms with Crippen LogP contribution in [0.2, 0.25) is 0 Å². The first kappa shape index (κ1) is 9.63. The largest absolute Gasteiger partial charge is 0.253 e. The van der Waals surface area contributed by atoms with Gasteiger partial charge in [-0.2, -0.15) is 0 Å². The van der Waals surface area contributed by atoms with E-state index in [0.717, 1.165) is 6.42 Å². The molecule has 0 bridgehead atoms. The number of aryl methyl sites for hydroxylation is 1. The molecule has 0 atom stereocenters. The standard InChI is InChI=1S/C5H7NS.C3H8/c1-2-5-3-6-4-7-5;1-3-2/h3-4H,2H2,1H3;3H2,1-2H3. The van der Waals surface area contributed by atoms with Gasteiger partial charge < -0.3 is 0 Å². The highest BCUT2D eigenvalue weighted by Gasteiger charge is 1.84. The molecular weight excluding hydrogens is 142 g/mol. The summed E-state index contributed by atoms with van der Waals surface area (Å²) in [4.78, 5) is 5.27. The first-order valence-corrected chi connectivity index (χ1v) is 4.60. The van der Waals surface area contributed by atoms with Crippen LogP contribution in [0.25, 0.3) is 0 Å². The van der Waals surface area contributed by atoms with Crippen molar-refractivity contribution >= 4 is 11.3 Å². The fourth-order valence-electron chi connectivity index (χ4n) is 0.417. The summed E-state index contributed by atoms with van der Waals surface area (Å²) in [6, 6.07) is 0. The fraction of sp³-hybridized carbons (Fsp3) is 0.625. The Morgan fingerprint density at radius 2 is 2.00 bits per heavy atom. The van der Waals surface area contributed by atoms with Crippen LogP contribution in [0.15, 0.2) is 11.7 Å². The van der Waals surface area contributed by atoms with Crippen molar-refractivity contribution in [3.05, 3.63) is 16.6 Å². The van der Waals surface area contributed by atoms with Gasteiger partial charge in [0.2, 0.25) is 0 Å². The van der Waals surface area contributed by atoms with E-state index in [9.17, 15) is 0 Å². The predicted octanol–water partition coefficient (Wildman–Crippen LogP) is 3.12. The highest BCUT2D eigenvalue weighted by Crippen LogP contribution is 2.03. The molecule has 0 aliphatic rings. The summed E-state index contributed by atoms with van der Waals surface area (Å²) in [5.41, 5.74) is 1.86. The first-order valence-electron chi connectivity index (χ1n) is 3.72. The fourth-order valence-corrected chi connectivity index (χ4v) is 0.962. The van der Waals surface area contributed by atoms with Crippen molar-refractivity contribution < 1.29 is 0 Å². The van der Waals surface area contributed by atoms with Gasteiger partial charge in [-0.15, -0.1) is 11.3 Å². The van der Waals surface area contributed by atoms with Gasteiger partial charge in [0.25, 0.3) is 0 Å². The Kier molecular flexibility index (Phi) is 6.50. The summed E-state index contributed by atoms with van der Waals surface area (Å²) in [6.45, 7) is 6.38. The molecule has 2 heteroatoms. The van der Waals surface area contributed by atoms with Gasteiger partial charge in [0.15, 0.2) is 0 Å². The smallest absolute Gasteiger partial charge is 0.0794 e. The molecule has 0 unspecified atom stereocenters. The zero-order chi connectivity index (χ0) is 7.82. The Bertz CT molecular complexity index is 135. The topological polar surface area (TPSA) is 12.9 Å². The summed E-state index contributed by atoms with van der Waals surface area (Å²) in [6.07, 6.45) is 4.27. The van der Waals surface area contributed by atoms with E-state index in [1.165, 1.54) is 11.3 Å². The number of hydrogen-bond donors (Lipinski definition) is 0. The highest BCUT2D eigenvalue weighted by atomic mass is 32.1. The molecule has 0 spiro atoms. The third kappa shape index (κ3) is 4.50. The maximum Gasteiger partial charge on any atom is 0.0794 e. The Morgan fingerprint density at radius 1 is 1.40 bits per heavy atom. The average Bonchev–Trinajstić information content (AvgIpc) is 2.39. The van der Waals surface area contributed by atoms with Crippen LogP contribution in [0.4, 0.5) is 0 Å². The van der Waals surface area contributed by atoms with Gasteiger partial charge in [0.1, 0.15) is 0 Å². The van der Waals surface area contributed by atoms with Gasteiger partial charge in [-0.3, -0.25) is 4.98 Å². The molecule has 1 heterocycles. The summed E-state index contributed by atoms with van der Waals surface area (Å²) in [7, 11) is 0. The molecule has 0 amide bonds. The first-order chi connectivity index (χ1) is 4.85. The number of hydrogen-bond acceptors (Lipinski definition) is 2. The molecule has 58 valence electrons. The number of aromatic nitrogens is 1. The van der Waals surface area contributed by atoms with Crippen LogP contribution >= 0.6 is 11.3 Å². The van der Waals surface area contributed by atoms with E-state index in [1.807, 2.05) is 11.7 Å². The van der Waals surface area contributed by atoms with Crippen LogP contribution in [-0.4, -0.2) is 4.98 Å². The normalized spacial score (nSPS) is 8.30.